The molecule has 3 nitrogen and oxygen atoms in total. The summed E-state index contributed by atoms with van der Waals surface area (Å²) in [4.78, 5) is 2.35. The zero-order valence-electron chi connectivity index (χ0n) is 13.8. The van der Waals surface area contributed by atoms with Crippen molar-refractivity contribution >= 4 is 0 Å². The van der Waals surface area contributed by atoms with Crippen LogP contribution in [-0.2, 0) is 13.0 Å². The van der Waals surface area contributed by atoms with E-state index < -0.39 is 5.72 Å². The molecule has 0 bridgehead atoms. The predicted octanol–water partition coefficient (Wildman–Crippen LogP) is 2.80. The van der Waals surface area contributed by atoms with E-state index >= 15 is 0 Å². The molecular weight excluding hydrogens is 284 g/mol. The van der Waals surface area contributed by atoms with E-state index in [9.17, 15) is 5.11 Å². The summed E-state index contributed by atoms with van der Waals surface area (Å²) < 4.78 is 0. The highest BCUT2D eigenvalue weighted by atomic mass is 16.3. The lowest BCUT2D eigenvalue weighted by Gasteiger charge is -2.32. The molecule has 0 spiro atoms. The van der Waals surface area contributed by atoms with Gasteiger partial charge in [0.05, 0.1) is 0 Å². The molecule has 1 heterocycles. The van der Waals surface area contributed by atoms with Gasteiger partial charge >= 0.3 is 0 Å². The van der Waals surface area contributed by atoms with Crippen molar-refractivity contribution in [3.05, 3.63) is 71.8 Å². The molecule has 1 saturated heterocycles. The Balaban J connectivity index is 1.53. The van der Waals surface area contributed by atoms with Crippen molar-refractivity contribution in [2.45, 2.75) is 38.1 Å². The van der Waals surface area contributed by atoms with Gasteiger partial charge in [0.15, 0.2) is 0 Å². The van der Waals surface area contributed by atoms with Gasteiger partial charge in [0.25, 0.3) is 0 Å². The molecular formula is C20H26N2O. The normalized spacial score (nSPS) is 24.9. The van der Waals surface area contributed by atoms with Crippen LogP contribution in [0.2, 0.25) is 0 Å². The molecule has 23 heavy (non-hydrogen) atoms. The van der Waals surface area contributed by atoms with Gasteiger partial charge in [0.1, 0.15) is 5.72 Å². The number of hydrogen-bond donors (Lipinski definition) is 2. The van der Waals surface area contributed by atoms with Gasteiger partial charge < -0.3 is 5.11 Å². The van der Waals surface area contributed by atoms with Gasteiger partial charge in [0, 0.05) is 32.1 Å². The fourth-order valence-corrected chi connectivity index (χ4v) is 3.36. The summed E-state index contributed by atoms with van der Waals surface area (Å²) in [5.41, 5.74) is 1.81. The molecule has 2 aromatic rings. The first-order chi connectivity index (χ1) is 11.2. The molecule has 0 aliphatic carbocycles. The molecule has 2 unspecified atom stereocenters. The lowest BCUT2D eigenvalue weighted by Crippen LogP contribution is -2.53. The molecule has 3 heteroatoms. The number of hydrogen-bond acceptors (Lipinski definition) is 3. The maximum Gasteiger partial charge on any atom is 0.132 e. The van der Waals surface area contributed by atoms with Crippen LogP contribution >= 0.6 is 0 Å². The lowest BCUT2D eigenvalue weighted by molar-refractivity contribution is -0.0212. The molecule has 1 aliphatic heterocycles. The van der Waals surface area contributed by atoms with Crippen molar-refractivity contribution in [1.29, 1.82) is 0 Å². The number of nitrogens with zero attached hydrogens (tertiary/aromatic N) is 1. The Morgan fingerprint density at radius 2 is 1.65 bits per heavy atom. The Morgan fingerprint density at radius 1 is 1.04 bits per heavy atom. The van der Waals surface area contributed by atoms with Crippen molar-refractivity contribution < 1.29 is 5.11 Å². The predicted molar refractivity (Wildman–Crippen MR) is 94.0 cm³/mol. The largest absolute Gasteiger partial charge is 0.374 e. The van der Waals surface area contributed by atoms with Gasteiger partial charge in [0.2, 0.25) is 0 Å². The minimum absolute atomic E-state index is 0.110. The summed E-state index contributed by atoms with van der Waals surface area (Å²) >= 11 is 0. The van der Waals surface area contributed by atoms with Gasteiger partial charge in [-0.15, -0.1) is 0 Å². The second kappa shape index (κ2) is 7.26. The molecule has 0 aromatic heterocycles. The van der Waals surface area contributed by atoms with E-state index in [-0.39, 0.29) is 6.04 Å². The van der Waals surface area contributed by atoms with E-state index in [4.69, 9.17) is 0 Å². The van der Waals surface area contributed by atoms with E-state index in [0.29, 0.717) is 0 Å². The first-order valence-corrected chi connectivity index (χ1v) is 8.47. The van der Waals surface area contributed by atoms with Crippen LogP contribution in [0.1, 0.15) is 24.5 Å². The number of rotatable bonds is 6. The van der Waals surface area contributed by atoms with Crippen LogP contribution in [0.15, 0.2) is 60.7 Å². The van der Waals surface area contributed by atoms with Crippen molar-refractivity contribution in [2.75, 3.05) is 13.1 Å². The maximum absolute atomic E-state index is 10.9. The highest BCUT2D eigenvalue weighted by Crippen LogP contribution is 2.27. The van der Waals surface area contributed by atoms with Crippen LogP contribution in [0.3, 0.4) is 0 Å². The van der Waals surface area contributed by atoms with E-state index in [1.807, 2.05) is 12.1 Å². The molecule has 2 atom stereocenters. The van der Waals surface area contributed by atoms with Gasteiger partial charge in [-0.25, -0.2) is 0 Å². The van der Waals surface area contributed by atoms with Crippen LogP contribution in [0, 0.1) is 0 Å². The van der Waals surface area contributed by atoms with Crippen molar-refractivity contribution in [3.8, 4) is 0 Å². The number of aliphatic hydroxyl groups is 1. The first kappa shape index (κ1) is 16.2. The maximum atomic E-state index is 10.9. The summed E-state index contributed by atoms with van der Waals surface area (Å²) in [5.74, 6) is 0. The smallest absolute Gasteiger partial charge is 0.132 e. The Hall–Kier alpha value is -1.68. The molecule has 1 fully saturated rings. The van der Waals surface area contributed by atoms with Crippen LogP contribution in [0.4, 0.5) is 0 Å². The van der Waals surface area contributed by atoms with Crippen molar-refractivity contribution in [1.82, 2.24) is 10.2 Å². The van der Waals surface area contributed by atoms with Gasteiger partial charge in [-0.3, -0.25) is 10.2 Å². The van der Waals surface area contributed by atoms with E-state index in [1.54, 1.807) is 0 Å². The minimum Gasteiger partial charge on any atom is -0.374 e. The molecule has 0 amide bonds. The van der Waals surface area contributed by atoms with Gasteiger partial charge in [-0.1, -0.05) is 60.7 Å². The van der Waals surface area contributed by atoms with Crippen molar-refractivity contribution in [3.63, 3.8) is 0 Å². The molecule has 122 valence electrons. The third-order valence-electron chi connectivity index (χ3n) is 4.94. The summed E-state index contributed by atoms with van der Waals surface area (Å²) in [6.45, 7) is 4.73. The second-order valence-electron chi connectivity index (χ2n) is 6.47. The van der Waals surface area contributed by atoms with Crippen LogP contribution in [0.5, 0.6) is 0 Å². The van der Waals surface area contributed by atoms with E-state index in [2.05, 4.69) is 65.7 Å². The lowest BCUT2D eigenvalue weighted by atomic mass is 10.1. The third kappa shape index (κ3) is 3.99. The third-order valence-corrected chi connectivity index (χ3v) is 4.94. The second-order valence-corrected chi connectivity index (χ2v) is 6.47. The van der Waals surface area contributed by atoms with Gasteiger partial charge in [-0.2, -0.15) is 0 Å². The molecule has 0 saturated carbocycles. The number of likely N-dealkylation sites (tertiary alicyclic amines) is 1. The highest BCUT2D eigenvalue weighted by molar-refractivity contribution is 5.16. The topological polar surface area (TPSA) is 35.5 Å². The zero-order valence-corrected chi connectivity index (χ0v) is 13.8. The highest BCUT2D eigenvalue weighted by Gasteiger charge is 2.42. The molecule has 1 aliphatic rings. The fourth-order valence-electron chi connectivity index (χ4n) is 3.36. The summed E-state index contributed by atoms with van der Waals surface area (Å²) in [7, 11) is 0. The number of benzene rings is 2. The molecule has 0 radical (unpaired) electrons. The van der Waals surface area contributed by atoms with Crippen LogP contribution < -0.4 is 5.32 Å². The van der Waals surface area contributed by atoms with Crippen LogP contribution in [-0.4, -0.2) is 34.9 Å². The average molecular weight is 310 g/mol. The Bertz CT molecular complexity index is 602. The Kier molecular flexibility index (Phi) is 5.11. The minimum atomic E-state index is -0.788. The monoisotopic (exact) mass is 310 g/mol. The Labute approximate surface area is 139 Å². The molecule has 2 N–H and O–H groups in total. The summed E-state index contributed by atoms with van der Waals surface area (Å²) in [5, 5.41) is 14.3. The van der Waals surface area contributed by atoms with Gasteiger partial charge in [-0.05, 0) is 24.5 Å². The zero-order chi connectivity index (χ0) is 16.1. The summed E-state index contributed by atoms with van der Waals surface area (Å²) in [6.07, 6.45) is 1.71. The SMILES string of the molecule is CC1N(Cc2ccccc2)CCC1(O)NCCc1ccccc1. The number of nitrogens with one attached hydrogen (secondary N) is 1. The molecule has 2 aromatic carbocycles. The van der Waals surface area contributed by atoms with Crippen molar-refractivity contribution in [2.24, 2.45) is 0 Å². The Morgan fingerprint density at radius 3 is 2.30 bits per heavy atom. The van der Waals surface area contributed by atoms with E-state index in [0.717, 1.165) is 32.5 Å². The summed E-state index contributed by atoms with van der Waals surface area (Å²) in [6, 6.07) is 21.0. The van der Waals surface area contributed by atoms with Crippen LogP contribution in [0.25, 0.3) is 0 Å². The first-order valence-electron chi connectivity index (χ1n) is 8.47. The standard InChI is InChI=1S/C20H26N2O/c1-17-20(23,21-14-12-18-8-4-2-5-9-18)13-15-22(17)16-19-10-6-3-7-11-19/h2-11,17,21,23H,12-16H2,1H3. The van der Waals surface area contributed by atoms with E-state index in [1.165, 1.54) is 11.1 Å². The fraction of sp³-hybridized carbons (Fsp3) is 0.400. The quantitative estimate of drug-likeness (QED) is 0.805. The average Bonchev–Trinajstić information content (AvgIpc) is 2.86. The molecule has 3 rings (SSSR count).